The Morgan fingerprint density at radius 3 is 2.80 bits per heavy atom. The number of anilines is 1. The van der Waals surface area contributed by atoms with Crippen LogP contribution in [-0.4, -0.2) is 31.3 Å². The maximum atomic E-state index is 9.39. The van der Waals surface area contributed by atoms with E-state index in [-0.39, 0.29) is 6.04 Å². The molecule has 0 saturated carbocycles. The van der Waals surface area contributed by atoms with Gasteiger partial charge in [-0.25, -0.2) is 4.98 Å². The minimum absolute atomic E-state index is 0.172. The fraction of sp³-hybridized carbons (Fsp3) is 0.375. The van der Waals surface area contributed by atoms with Crippen LogP contribution in [0.1, 0.15) is 19.4 Å². The van der Waals surface area contributed by atoms with E-state index in [9.17, 15) is 5.26 Å². The summed E-state index contributed by atoms with van der Waals surface area (Å²) in [6.07, 6.45) is 0. The van der Waals surface area contributed by atoms with Gasteiger partial charge in [0.25, 0.3) is 0 Å². The molecular formula is C16H19N3O. The van der Waals surface area contributed by atoms with Gasteiger partial charge in [0.15, 0.2) is 0 Å². The summed E-state index contributed by atoms with van der Waals surface area (Å²) in [6, 6.07) is 12.2. The van der Waals surface area contributed by atoms with Crippen molar-refractivity contribution >= 4 is 16.7 Å². The maximum Gasteiger partial charge on any atom is 0.147 e. The second-order valence-electron chi connectivity index (χ2n) is 4.75. The Morgan fingerprint density at radius 2 is 2.15 bits per heavy atom. The SMILES string of the molecule is CCN(c1nc2ccccc2cc1C#N)C(C)COC. The van der Waals surface area contributed by atoms with Crippen molar-refractivity contribution in [1.82, 2.24) is 4.98 Å². The van der Waals surface area contributed by atoms with Crippen molar-refractivity contribution < 1.29 is 4.74 Å². The first-order chi connectivity index (χ1) is 9.71. The number of nitriles is 1. The van der Waals surface area contributed by atoms with Crippen LogP contribution in [-0.2, 0) is 4.74 Å². The first kappa shape index (κ1) is 14.3. The smallest absolute Gasteiger partial charge is 0.147 e. The highest BCUT2D eigenvalue weighted by molar-refractivity contribution is 5.83. The largest absolute Gasteiger partial charge is 0.383 e. The Bertz CT molecular complexity index is 633. The summed E-state index contributed by atoms with van der Waals surface area (Å²) in [7, 11) is 1.68. The van der Waals surface area contributed by atoms with Crippen molar-refractivity contribution in [2.45, 2.75) is 19.9 Å². The van der Waals surface area contributed by atoms with Gasteiger partial charge >= 0.3 is 0 Å². The molecule has 0 N–H and O–H groups in total. The topological polar surface area (TPSA) is 49.2 Å². The van der Waals surface area contributed by atoms with Crippen molar-refractivity contribution in [1.29, 1.82) is 5.26 Å². The van der Waals surface area contributed by atoms with Gasteiger partial charge in [0.2, 0.25) is 0 Å². The number of nitrogens with zero attached hydrogens (tertiary/aromatic N) is 3. The summed E-state index contributed by atoms with van der Waals surface area (Å²) in [6.45, 7) is 5.52. The molecule has 0 bridgehead atoms. The minimum Gasteiger partial charge on any atom is -0.383 e. The highest BCUT2D eigenvalue weighted by Crippen LogP contribution is 2.24. The molecule has 1 aromatic carbocycles. The Morgan fingerprint density at radius 1 is 1.40 bits per heavy atom. The lowest BCUT2D eigenvalue weighted by molar-refractivity contribution is 0.181. The van der Waals surface area contributed by atoms with Crippen LogP contribution in [0.3, 0.4) is 0 Å². The van der Waals surface area contributed by atoms with Gasteiger partial charge < -0.3 is 9.64 Å². The molecule has 2 aromatic rings. The lowest BCUT2D eigenvalue weighted by atomic mass is 10.1. The molecule has 0 fully saturated rings. The number of ether oxygens (including phenoxy) is 1. The number of benzene rings is 1. The summed E-state index contributed by atoms with van der Waals surface area (Å²) in [5, 5.41) is 10.4. The normalized spacial score (nSPS) is 12.1. The molecule has 2 rings (SSSR count). The molecule has 0 saturated heterocycles. The van der Waals surface area contributed by atoms with E-state index >= 15 is 0 Å². The van der Waals surface area contributed by atoms with Crippen LogP contribution >= 0.6 is 0 Å². The molecular weight excluding hydrogens is 250 g/mol. The Labute approximate surface area is 119 Å². The molecule has 104 valence electrons. The number of aromatic nitrogens is 1. The first-order valence-electron chi connectivity index (χ1n) is 6.76. The van der Waals surface area contributed by atoms with Crippen LogP contribution in [0.2, 0.25) is 0 Å². The Balaban J connectivity index is 2.53. The minimum atomic E-state index is 0.172. The molecule has 0 radical (unpaired) electrons. The van der Waals surface area contributed by atoms with Crippen LogP contribution < -0.4 is 4.90 Å². The Kier molecular flexibility index (Phi) is 4.54. The van der Waals surface area contributed by atoms with Gasteiger partial charge in [-0.3, -0.25) is 0 Å². The molecule has 0 aliphatic carbocycles. The number of hydrogen-bond donors (Lipinski definition) is 0. The van der Waals surface area contributed by atoms with Crippen molar-refractivity contribution in [2.24, 2.45) is 0 Å². The number of rotatable bonds is 5. The van der Waals surface area contributed by atoms with Crippen LogP contribution in [0, 0.1) is 11.3 Å². The molecule has 0 amide bonds. The van der Waals surface area contributed by atoms with Gasteiger partial charge in [-0.05, 0) is 26.0 Å². The van der Waals surface area contributed by atoms with Gasteiger partial charge in [-0.15, -0.1) is 0 Å². The van der Waals surface area contributed by atoms with Crippen LogP contribution in [0.4, 0.5) is 5.82 Å². The average Bonchev–Trinajstić information content (AvgIpc) is 2.47. The molecule has 1 aromatic heterocycles. The molecule has 4 heteroatoms. The number of likely N-dealkylation sites (N-methyl/N-ethyl adjacent to an activating group) is 1. The number of hydrogen-bond acceptors (Lipinski definition) is 4. The molecule has 0 spiro atoms. The first-order valence-corrected chi connectivity index (χ1v) is 6.76. The monoisotopic (exact) mass is 269 g/mol. The van der Waals surface area contributed by atoms with Crippen LogP contribution in [0.5, 0.6) is 0 Å². The number of pyridine rings is 1. The highest BCUT2D eigenvalue weighted by atomic mass is 16.5. The zero-order valence-electron chi connectivity index (χ0n) is 12.1. The van der Waals surface area contributed by atoms with E-state index in [1.807, 2.05) is 30.3 Å². The summed E-state index contributed by atoms with van der Waals surface area (Å²) in [5.74, 6) is 0.734. The highest BCUT2D eigenvalue weighted by Gasteiger charge is 2.18. The van der Waals surface area contributed by atoms with E-state index in [0.717, 1.165) is 23.3 Å². The number of para-hydroxylation sites is 1. The predicted molar refractivity (Wildman–Crippen MR) is 80.8 cm³/mol. The number of methoxy groups -OCH3 is 1. The molecule has 1 atom stereocenters. The summed E-state index contributed by atoms with van der Waals surface area (Å²) < 4.78 is 5.22. The van der Waals surface area contributed by atoms with Gasteiger partial charge in [0, 0.05) is 19.0 Å². The predicted octanol–water partition coefficient (Wildman–Crippen LogP) is 2.97. The fourth-order valence-electron chi connectivity index (χ4n) is 2.41. The lowest BCUT2D eigenvalue weighted by Crippen LogP contribution is -2.37. The maximum absolute atomic E-state index is 9.39. The molecule has 1 unspecified atom stereocenters. The van der Waals surface area contributed by atoms with Crippen molar-refractivity contribution in [2.75, 3.05) is 25.2 Å². The van der Waals surface area contributed by atoms with E-state index in [2.05, 4.69) is 29.8 Å². The third-order valence-electron chi connectivity index (χ3n) is 3.38. The average molecular weight is 269 g/mol. The molecule has 1 heterocycles. The van der Waals surface area contributed by atoms with E-state index in [1.54, 1.807) is 7.11 Å². The third-order valence-corrected chi connectivity index (χ3v) is 3.38. The summed E-state index contributed by atoms with van der Waals surface area (Å²) in [5.41, 5.74) is 1.51. The zero-order chi connectivity index (χ0) is 14.5. The Hall–Kier alpha value is -2.12. The quantitative estimate of drug-likeness (QED) is 0.837. The molecule has 0 aliphatic heterocycles. The van der Waals surface area contributed by atoms with E-state index in [4.69, 9.17) is 4.74 Å². The van der Waals surface area contributed by atoms with Gasteiger partial charge in [0.05, 0.1) is 23.7 Å². The van der Waals surface area contributed by atoms with Crippen LogP contribution in [0.15, 0.2) is 30.3 Å². The summed E-state index contributed by atoms with van der Waals surface area (Å²) >= 11 is 0. The second kappa shape index (κ2) is 6.36. The van der Waals surface area contributed by atoms with E-state index < -0.39 is 0 Å². The molecule has 0 aliphatic rings. The zero-order valence-corrected chi connectivity index (χ0v) is 12.1. The number of fused-ring (bicyclic) bond motifs is 1. The third kappa shape index (κ3) is 2.73. The molecule has 4 nitrogen and oxygen atoms in total. The van der Waals surface area contributed by atoms with Crippen LogP contribution in [0.25, 0.3) is 10.9 Å². The standard InChI is InChI=1S/C16H19N3O/c1-4-19(12(2)11-20-3)16-14(10-17)9-13-7-5-6-8-15(13)18-16/h5-9,12H,4,11H2,1-3H3. The van der Waals surface area contributed by atoms with Gasteiger partial charge in [-0.1, -0.05) is 18.2 Å². The molecule has 20 heavy (non-hydrogen) atoms. The summed E-state index contributed by atoms with van der Waals surface area (Å²) in [4.78, 5) is 6.77. The second-order valence-corrected chi connectivity index (χ2v) is 4.75. The van der Waals surface area contributed by atoms with Crippen molar-refractivity contribution in [3.05, 3.63) is 35.9 Å². The van der Waals surface area contributed by atoms with Crippen molar-refractivity contribution in [3.8, 4) is 6.07 Å². The van der Waals surface area contributed by atoms with Crippen molar-refractivity contribution in [3.63, 3.8) is 0 Å². The lowest BCUT2D eigenvalue weighted by Gasteiger charge is -2.29. The van der Waals surface area contributed by atoms with E-state index in [1.165, 1.54) is 0 Å². The van der Waals surface area contributed by atoms with E-state index in [0.29, 0.717) is 12.2 Å². The van der Waals surface area contributed by atoms with Gasteiger partial charge in [0.1, 0.15) is 11.9 Å². The fourth-order valence-corrected chi connectivity index (χ4v) is 2.41. The van der Waals surface area contributed by atoms with Gasteiger partial charge in [-0.2, -0.15) is 5.26 Å².